The van der Waals surface area contributed by atoms with Crippen molar-refractivity contribution in [2.24, 2.45) is 0 Å². The number of anilines is 2. The fraction of sp³-hybridized carbons (Fsp3) is 0.167. The van der Waals surface area contributed by atoms with Gasteiger partial charge in [-0.05, 0) is 55.0 Å². The summed E-state index contributed by atoms with van der Waals surface area (Å²) >= 11 is 0. The summed E-state index contributed by atoms with van der Waals surface area (Å²) < 4.78 is 2.31. The summed E-state index contributed by atoms with van der Waals surface area (Å²) in [5.41, 5.74) is 5.96. The fourth-order valence-corrected chi connectivity index (χ4v) is 3.96. The second-order valence-corrected chi connectivity index (χ2v) is 7.41. The first-order valence-electron chi connectivity index (χ1n) is 9.85. The summed E-state index contributed by atoms with van der Waals surface area (Å²) in [7, 11) is 0. The summed E-state index contributed by atoms with van der Waals surface area (Å²) in [5.74, 6) is 1.00. The summed E-state index contributed by atoms with van der Waals surface area (Å²) in [6.45, 7) is 4.66. The first-order chi connectivity index (χ1) is 14.2. The van der Waals surface area contributed by atoms with Crippen molar-refractivity contribution in [3.63, 3.8) is 0 Å². The SMILES string of the molecule is Cc1cc(N2CCn3c(nc4ccccc43)C2)ccc1NC(=O)c1ccccc1. The Labute approximate surface area is 169 Å². The first-order valence-corrected chi connectivity index (χ1v) is 9.85. The number of amides is 1. The number of carbonyl (C=O) groups is 1. The molecule has 0 unspecified atom stereocenters. The van der Waals surface area contributed by atoms with Crippen LogP contribution in [-0.4, -0.2) is 22.0 Å². The minimum atomic E-state index is -0.0897. The van der Waals surface area contributed by atoms with Crippen LogP contribution in [0.4, 0.5) is 11.4 Å². The minimum absolute atomic E-state index is 0.0897. The van der Waals surface area contributed by atoms with E-state index in [1.165, 1.54) is 5.52 Å². The highest BCUT2D eigenvalue weighted by Gasteiger charge is 2.20. The Morgan fingerprint density at radius 3 is 2.59 bits per heavy atom. The van der Waals surface area contributed by atoms with Crippen LogP contribution >= 0.6 is 0 Å². The third kappa shape index (κ3) is 3.25. The maximum Gasteiger partial charge on any atom is 0.255 e. The molecule has 0 atom stereocenters. The van der Waals surface area contributed by atoms with Crippen molar-refractivity contribution >= 4 is 28.3 Å². The van der Waals surface area contributed by atoms with E-state index in [0.717, 1.165) is 47.9 Å². The molecule has 0 saturated heterocycles. The normalized spacial score (nSPS) is 13.3. The van der Waals surface area contributed by atoms with Crippen LogP contribution in [0.3, 0.4) is 0 Å². The second kappa shape index (κ2) is 7.09. The largest absolute Gasteiger partial charge is 0.362 e. The monoisotopic (exact) mass is 382 g/mol. The number of aromatic nitrogens is 2. The number of nitrogens with zero attached hydrogens (tertiary/aromatic N) is 3. The summed E-state index contributed by atoms with van der Waals surface area (Å²) in [4.78, 5) is 19.6. The van der Waals surface area contributed by atoms with Gasteiger partial charge < -0.3 is 14.8 Å². The predicted octanol–water partition coefficient (Wildman–Crippen LogP) is 4.62. The van der Waals surface area contributed by atoms with Gasteiger partial charge in [0.15, 0.2) is 0 Å². The van der Waals surface area contributed by atoms with Gasteiger partial charge in [0.2, 0.25) is 0 Å². The van der Waals surface area contributed by atoms with Crippen molar-refractivity contribution in [2.75, 3.05) is 16.8 Å². The van der Waals surface area contributed by atoms with E-state index in [1.807, 2.05) is 49.4 Å². The third-order valence-corrected chi connectivity index (χ3v) is 5.52. The van der Waals surface area contributed by atoms with Gasteiger partial charge >= 0.3 is 0 Å². The maximum absolute atomic E-state index is 12.4. The van der Waals surface area contributed by atoms with E-state index in [9.17, 15) is 4.79 Å². The zero-order valence-corrected chi connectivity index (χ0v) is 16.3. The van der Waals surface area contributed by atoms with Crippen LogP contribution in [0.1, 0.15) is 21.7 Å². The number of benzene rings is 3. The maximum atomic E-state index is 12.4. The van der Waals surface area contributed by atoms with Gasteiger partial charge in [-0.3, -0.25) is 4.79 Å². The van der Waals surface area contributed by atoms with Gasteiger partial charge in [-0.25, -0.2) is 4.98 Å². The van der Waals surface area contributed by atoms with Gasteiger partial charge in [-0.1, -0.05) is 30.3 Å². The number of rotatable bonds is 3. The second-order valence-electron chi connectivity index (χ2n) is 7.41. The third-order valence-electron chi connectivity index (χ3n) is 5.52. The minimum Gasteiger partial charge on any atom is -0.362 e. The molecule has 0 radical (unpaired) electrons. The standard InChI is InChI=1S/C24H22N4O/c1-17-15-19(11-12-20(17)26-24(29)18-7-3-2-4-8-18)27-13-14-28-22-10-6-5-9-21(22)25-23(28)16-27/h2-12,15H,13-14,16H2,1H3,(H,26,29). The van der Waals surface area contributed by atoms with E-state index in [4.69, 9.17) is 4.98 Å². The number of hydrogen-bond donors (Lipinski definition) is 1. The molecule has 1 aliphatic heterocycles. The lowest BCUT2D eigenvalue weighted by atomic mass is 10.1. The van der Waals surface area contributed by atoms with Gasteiger partial charge in [0.05, 0.1) is 17.6 Å². The summed E-state index contributed by atoms with van der Waals surface area (Å²) in [6, 6.07) is 23.8. The quantitative estimate of drug-likeness (QED) is 0.563. The number of nitrogens with one attached hydrogen (secondary N) is 1. The van der Waals surface area contributed by atoms with Crippen LogP contribution < -0.4 is 10.2 Å². The van der Waals surface area contributed by atoms with Crippen LogP contribution in [0.15, 0.2) is 72.8 Å². The number of aryl methyl sites for hydroxylation is 1. The average molecular weight is 382 g/mol. The molecule has 1 aliphatic rings. The van der Waals surface area contributed by atoms with Gasteiger partial charge in [-0.15, -0.1) is 0 Å². The van der Waals surface area contributed by atoms with Gasteiger partial charge in [0.25, 0.3) is 5.91 Å². The molecular formula is C24H22N4O. The molecule has 0 bridgehead atoms. The highest BCUT2D eigenvalue weighted by Crippen LogP contribution is 2.28. The number of carbonyl (C=O) groups excluding carboxylic acids is 1. The number of fused-ring (bicyclic) bond motifs is 3. The Hall–Kier alpha value is -3.60. The molecule has 1 aromatic heterocycles. The Morgan fingerprint density at radius 2 is 1.76 bits per heavy atom. The summed E-state index contributed by atoms with van der Waals surface area (Å²) in [5, 5.41) is 3.02. The number of hydrogen-bond acceptors (Lipinski definition) is 3. The van der Waals surface area contributed by atoms with E-state index in [-0.39, 0.29) is 5.91 Å². The molecule has 0 fully saturated rings. The van der Waals surface area contributed by atoms with Crippen LogP contribution in [0.2, 0.25) is 0 Å². The molecule has 144 valence electrons. The Bertz CT molecular complexity index is 1200. The highest BCUT2D eigenvalue weighted by atomic mass is 16.1. The van der Waals surface area contributed by atoms with E-state index < -0.39 is 0 Å². The van der Waals surface area contributed by atoms with Crippen LogP contribution in [0.5, 0.6) is 0 Å². The molecule has 4 aromatic rings. The van der Waals surface area contributed by atoms with Crippen molar-refractivity contribution in [2.45, 2.75) is 20.0 Å². The zero-order chi connectivity index (χ0) is 19.8. The van der Waals surface area contributed by atoms with Crippen LogP contribution in [-0.2, 0) is 13.1 Å². The molecule has 5 rings (SSSR count). The number of para-hydroxylation sites is 2. The molecule has 0 saturated carbocycles. The van der Waals surface area contributed by atoms with Gasteiger partial charge in [0.1, 0.15) is 5.82 Å². The lowest BCUT2D eigenvalue weighted by molar-refractivity contribution is 0.102. The van der Waals surface area contributed by atoms with Crippen LogP contribution in [0.25, 0.3) is 11.0 Å². The fourth-order valence-electron chi connectivity index (χ4n) is 3.96. The van der Waals surface area contributed by atoms with Crippen molar-refractivity contribution in [1.29, 1.82) is 0 Å². The van der Waals surface area contributed by atoms with Crippen molar-refractivity contribution < 1.29 is 4.79 Å². The molecule has 29 heavy (non-hydrogen) atoms. The Morgan fingerprint density at radius 1 is 0.966 bits per heavy atom. The summed E-state index contributed by atoms with van der Waals surface area (Å²) in [6.07, 6.45) is 0. The molecule has 3 aromatic carbocycles. The molecule has 5 nitrogen and oxygen atoms in total. The van der Waals surface area contributed by atoms with E-state index in [2.05, 4.69) is 45.1 Å². The zero-order valence-electron chi connectivity index (χ0n) is 16.3. The molecule has 0 spiro atoms. The molecule has 0 aliphatic carbocycles. The van der Waals surface area contributed by atoms with Crippen molar-refractivity contribution in [1.82, 2.24) is 9.55 Å². The lowest BCUT2D eigenvalue weighted by Crippen LogP contribution is -2.33. The van der Waals surface area contributed by atoms with Gasteiger partial charge in [0, 0.05) is 30.0 Å². The van der Waals surface area contributed by atoms with Gasteiger partial charge in [-0.2, -0.15) is 0 Å². The average Bonchev–Trinajstić information content (AvgIpc) is 3.13. The van der Waals surface area contributed by atoms with Crippen molar-refractivity contribution in [3.05, 3.63) is 89.7 Å². The topological polar surface area (TPSA) is 50.2 Å². The lowest BCUT2D eigenvalue weighted by Gasteiger charge is -2.30. The molecule has 1 N–H and O–H groups in total. The number of imidazole rings is 1. The van der Waals surface area contributed by atoms with E-state index in [1.54, 1.807) is 0 Å². The molecule has 2 heterocycles. The smallest absolute Gasteiger partial charge is 0.255 e. The molecule has 5 heteroatoms. The van der Waals surface area contributed by atoms with E-state index in [0.29, 0.717) is 5.56 Å². The van der Waals surface area contributed by atoms with E-state index >= 15 is 0 Å². The van der Waals surface area contributed by atoms with Crippen LogP contribution in [0, 0.1) is 6.92 Å². The molecule has 1 amide bonds. The first kappa shape index (κ1) is 17.5. The predicted molar refractivity (Wildman–Crippen MR) is 116 cm³/mol. The Kier molecular flexibility index (Phi) is 4.28. The molecular weight excluding hydrogens is 360 g/mol. The van der Waals surface area contributed by atoms with Crippen molar-refractivity contribution in [3.8, 4) is 0 Å². The Balaban J connectivity index is 1.36. The highest BCUT2D eigenvalue weighted by molar-refractivity contribution is 6.04.